The molecular formula is C12H13N3O3S. The average Bonchev–Trinajstić information content (AvgIpc) is 2.82. The van der Waals surface area contributed by atoms with Crippen LogP contribution in [-0.2, 0) is 13.2 Å². The van der Waals surface area contributed by atoms with Crippen LogP contribution < -0.4 is 10.5 Å². The highest BCUT2D eigenvalue weighted by Gasteiger charge is 2.16. The van der Waals surface area contributed by atoms with Crippen molar-refractivity contribution >= 4 is 17.0 Å². The minimum atomic E-state index is -0.466. The Morgan fingerprint density at radius 1 is 1.53 bits per heavy atom. The summed E-state index contributed by atoms with van der Waals surface area (Å²) in [4.78, 5) is 15.5. The summed E-state index contributed by atoms with van der Waals surface area (Å²) in [7, 11) is 0. The summed E-state index contributed by atoms with van der Waals surface area (Å²) in [6, 6.07) is 4.74. The molecule has 1 aromatic heterocycles. The fourth-order valence-corrected chi connectivity index (χ4v) is 2.28. The van der Waals surface area contributed by atoms with E-state index >= 15 is 0 Å². The molecule has 7 heteroatoms. The van der Waals surface area contributed by atoms with Crippen molar-refractivity contribution in [2.45, 2.75) is 20.1 Å². The van der Waals surface area contributed by atoms with Crippen molar-refractivity contribution in [1.29, 1.82) is 0 Å². The van der Waals surface area contributed by atoms with E-state index in [2.05, 4.69) is 4.98 Å². The molecule has 0 saturated heterocycles. The number of aromatic nitrogens is 1. The first-order valence-corrected chi connectivity index (χ1v) is 6.43. The van der Waals surface area contributed by atoms with E-state index in [1.165, 1.54) is 17.4 Å². The van der Waals surface area contributed by atoms with Crippen LogP contribution in [0.1, 0.15) is 15.4 Å². The minimum absolute atomic E-state index is 0.0656. The molecule has 0 aliphatic heterocycles. The number of ether oxygens (including phenoxy) is 1. The molecule has 0 aliphatic rings. The Bertz CT molecular complexity index is 598. The highest BCUT2D eigenvalue weighted by Crippen LogP contribution is 2.29. The van der Waals surface area contributed by atoms with Gasteiger partial charge in [-0.1, -0.05) is 6.07 Å². The molecule has 0 saturated carbocycles. The van der Waals surface area contributed by atoms with E-state index in [0.717, 1.165) is 9.88 Å². The first kappa shape index (κ1) is 13.4. The molecule has 0 atom stereocenters. The van der Waals surface area contributed by atoms with Crippen molar-refractivity contribution in [3.8, 4) is 5.75 Å². The maximum absolute atomic E-state index is 11.0. The minimum Gasteiger partial charge on any atom is -0.481 e. The summed E-state index contributed by atoms with van der Waals surface area (Å²) in [5.41, 5.74) is 6.10. The van der Waals surface area contributed by atoms with Crippen LogP contribution in [0.2, 0.25) is 0 Å². The number of nitro groups is 1. The highest BCUT2D eigenvalue weighted by atomic mass is 32.1. The summed E-state index contributed by atoms with van der Waals surface area (Å²) in [6.07, 6.45) is 1.71. The monoisotopic (exact) mass is 279 g/mol. The van der Waals surface area contributed by atoms with Crippen LogP contribution in [0, 0.1) is 17.0 Å². The molecule has 100 valence electrons. The average molecular weight is 279 g/mol. The van der Waals surface area contributed by atoms with Gasteiger partial charge in [0, 0.05) is 18.8 Å². The fraction of sp³-hybridized carbons (Fsp3) is 0.250. The third kappa shape index (κ3) is 3.27. The van der Waals surface area contributed by atoms with Crippen molar-refractivity contribution in [1.82, 2.24) is 4.98 Å². The zero-order valence-corrected chi connectivity index (χ0v) is 11.1. The lowest BCUT2D eigenvalue weighted by Crippen LogP contribution is -2.01. The number of aryl methyl sites for hydroxylation is 1. The van der Waals surface area contributed by atoms with Crippen molar-refractivity contribution < 1.29 is 9.66 Å². The van der Waals surface area contributed by atoms with E-state index < -0.39 is 4.92 Å². The number of nitrogens with zero attached hydrogens (tertiary/aromatic N) is 2. The molecule has 6 nitrogen and oxygen atoms in total. The number of nitro benzene ring substituents is 1. The number of nitrogens with two attached hydrogens (primary N) is 1. The van der Waals surface area contributed by atoms with Gasteiger partial charge in [0.15, 0.2) is 5.75 Å². The Labute approximate surface area is 114 Å². The Balaban J connectivity index is 2.17. The van der Waals surface area contributed by atoms with Crippen LogP contribution in [0.3, 0.4) is 0 Å². The van der Waals surface area contributed by atoms with Crippen molar-refractivity contribution in [2.75, 3.05) is 0 Å². The second-order valence-corrected chi connectivity index (χ2v) is 5.22. The lowest BCUT2D eigenvalue weighted by Gasteiger charge is -2.06. The Hall–Kier alpha value is -1.99. The fourth-order valence-electron chi connectivity index (χ4n) is 1.58. The Morgan fingerprint density at radius 2 is 2.32 bits per heavy atom. The lowest BCUT2D eigenvalue weighted by atomic mass is 10.2. The summed E-state index contributed by atoms with van der Waals surface area (Å²) >= 11 is 1.50. The van der Waals surface area contributed by atoms with Crippen molar-refractivity contribution in [3.05, 3.63) is 50.0 Å². The summed E-state index contributed by atoms with van der Waals surface area (Å²) in [5, 5.41) is 11.9. The second-order valence-electron chi connectivity index (χ2n) is 3.90. The van der Waals surface area contributed by atoms with E-state index in [1.807, 2.05) is 6.92 Å². The summed E-state index contributed by atoms with van der Waals surface area (Å²) in [5.74, 6) is 0.244. The van der Waals surface area contributed by atoms with Crippen LogP contribution in [0.15, 0.2) is 24.4 Å². The molecule has 2 rings (SSSR count). The van der Waals surface area contributed by atoms with Gasteiger partial charge in [0.1, 0.15) is 6.61 Å². The van der Waals surface area contributed by atoms with Gasteiger partial charge in [-0.3, -0.25) is 10.1 Å². The van der Waals surface area contributed by atoms with Gasteiger partial charge in [-0.05, 0) is 18.6 Å². The summed E-state index contributed by atoms with van der Waals surface area (Å²) < 4.78 is 5.49. The third-order valence-electron chi connectivity index (χ3n) is 2.49. The second kappa shape index (κ2) is 5.77. The number of hydrogen-bond acceptors (Lipinski definition) is 6. The van der Waals surface area contributed by atoms with E-state index in [-0.39, 0.29) is 24.6 Å². The number of benzene rings is 1. The Morgan fingerprint density at radius 3 is 2.89 bits per heavy atom. The van der Waals surface area contributed by atoms with Crippen molar-refractivity contribution in [2.24, 2.45) is 5.73 Å². The van der Waals surface area contributed by atoms with Gasteiger partial charge in [-0.2, -0.15) is 0 Å². The third-order valence-corrected chi connectivity index (χ3v) is 3.38. The van der Waals surface area contributed by atoms with Gasteiger partial charge in [0.2, 0.25) is 0 Å². The first-order valence-electron chi connectivity index (χ1n) is 5.61. The molecule has 2 aromatic rings. The zero-order chi connectivity index (χ0) is 13.8. The van der Waals surface area contributed by atoms with Crippen LogP contribution in [0.5, 0.6) is 5.75 Å². The van der Waals surface area contributed by atoms with E-state index in [0.29, 0.717) is 5.56 Å². The molecule has 1 heterocycles. The molecule has 0 unspecified atom stereocenters. The van der Waals surface area contributed by atoms with Gasteiger partial charge in [-0.25, -0.2) is 4.98 Å². The molecule has 0 fully saturated rings. The molecular weight excluding hydrogens is 266 g/mol. The quantitative estimate of drug-likeness (QED) is 0.670. The first-order chi connectivity index (χ1) is 9.10. The number of rotatable bonds is 5. The summed E-state index contributed by atoms with van der Waals surface area (Å²) in [6.45, 7) is 2.43. The number of thiazole rings is 1. The topological polar surface area (TPSA) is 91.3 Å². The smallest absolute Gasteiger partial charge is 0.311 e. The number of hydrogen-bond donors (Lipinski definition) is 1. The predicted molar refractivity (Wildman–Crippen MR) is 72.2 cm³/mol. The maximum Gasteiger partial charge on any atom is 0.311 e. The molecule has 0 bridgehead atoms. The highest BCUT2D eigenvalue weighted by molar-refractivity contribution is 7.11. The molecule has 1 aromatic carbocycles. The molecule has 0 spiro atoms. The van der Waals surface area contributed by atoms with Gasteiger partial charge in [-0.15, -0.1) is 11.3 Å². The normalized spacial score (nSPS) is 10.4. The van der Waals surface area contributed by atoms with Crippen LogP contribution in [-0.4, -0.2) is 9.91 Å². The molecule has 0 aliphatic carbocycles. The van der Waals surface area contributed by atoms with E-state index in [4.69, 9.17) is 10.5 Å². The largest absolute Gasteiger partial charge is 0.481 e. The van der Waals surface area contributed by atoms with Crippen LogP contribution >= 0.6 is 11.3 Å². The van der Waals surface area contributed by atoms with Crippen molar-refractivity contribution in [3.63, 3.8) is 0 Å². The SMILES string of the molecule is Cc1ncc(COc2ccc(CN)cc2[N+](=O)[O-])s1. The van der Waals surface area contributed by atoms with E-state index in [9.17, 15) is 10.1 Å². The standard InChI is InChI=1S/C12H13N3O3S/c1-8-14-6-10(19-8)7-18-12-3-2-9(5-13)4-11(12)15(16)17/h2-4,6H,5,7,13H2,1H3. The molecule has 19 heavy (non-hydrogen) atoms. The lowest BCUT2D eigenvalue weighted by molar-refractivity contribution is -0.386. The molecule has 0 amide bonds. The van der Waals surface area contributed by atoms with E-state index in [1.54, 1.807) is 18.3 Å². The zero-order valence-electron chi connectivity index (χ0n) is 10.3. The molecule has 0 radical (unpaired) electrons. The van der Waals surface area contributed by atoms with Gasteiger partial charge in [0.05, 0.1) is 14.8 Å². The van der Waals surface area contributed by atoms with Crippen LogP contribution in [0.25, 0.3) is 0 Å². The predicted octanol–water partition coefficient (Wildman–Crippen LogP) is 2.40. The van der Waals surface area contributed by atoms with Gasteiger partial charge in [0.25, 0.3) is 0 Å². The maximum atomic E-state index is 11.0. The van der Waals surface area contributed by atoms with Gasteiger partial charge < -0.3 is 10.5 Å². The molecule has 2 N–H and O–H groups in total. The van der Waals surface area contributed by atoms with Crippen LogP contribution in [0.4, 0.5) is 5.69 Å². The van der Waals surface area contributed by atoms with Gasteiger partial charge >= 0.3 is 5.69 Å². The Kier molecular flexibility index (Phi) is 4.08.